The van der Waals surface area contributed by atoms with Gasteiger partial charge in [-0.1, -0.05) is 103 Å². The summed E-state index contributed by atoms with van der Waals surface area (Å²) >= 11 is 0. The van der Waals surface area contributed by atoms with E-state index in [0.717, 1.165) is 13.0 Å². The lowest BCUT2D eigenvalue weighted by atomic mass is 10.0. The molecule has 210 valence electrons. The molecule has 9 nitrogen and oxygen atoms in total. The van der Waals surface area contributed by atoms with E-state index in [2.05, 4.69) is 12.2 Å². The van der Waals surface area contributed by atoms with Crippen LogP contribution >= 0.6 is 7.82 Å². The van der Waals surface area contributed by atoms with E-state index in [1.807, 2.05) is 0 Å². The molecule has 0 aliphatic carbocycles. The standard InChI is InChI=1S/C20H42O2.C4H11NO2.H3O4P/c1-2-3-4-5-6-7-8-9-10-11-12-13-14-15-16-17-19-22-20-18-21;6-3-1-5-2-4-7;1-5(2,3)4/h21H,2-20H2,1H3;5-7H,1-4H2;(H3,1,2,3,4). The first kappa shape index (κ1) is 38.4. The Morgan fingerprint density at radius 3 is 1.18 bits per heavy atom. The van der Waals surface area contributed by atoms with Crippen LogP contribution in [0.1, 0.15) is 110 Å². The van der Waals surface area contributed by atoms with E-state index in [1.54, 1.807) is 0 Å². The van der Waals surface area contributed by atoms with E-state index in [1.165, 1.54) is 96.3 Å². The lowest BCUT2D eigenvalue weighted by Crippen LogP contribution is -2.21. The molecule has 0 unspecified atom stereocenters. The van der Waals surface area contributed by atoms with Crippen LogP contribution in [0.2, 0.25) is 0 Å². The molecule has 0 aromatic carbocycles. The summed E-state index contributed by atoms with van der Waals surface area (Å²) in [6, 6.07) is 0. The van der Waals surface area contributed by atoms with Gasteiger partial charge >= 0.3 is 7.82 Å². The van der Waals surface area contributed by atoms with Crippen LogP contribution in [0.5, 0.6) is 0 Å². The number of rotatable bonds is 23. The number of aliphatic hydroxyl groups excluding tert-OH is 3. The number of nitrogens with one attached hydrogen (secondary N) is 1. The van der Waals surface area contributed by atoms with Gasteiger partial charge in [-0.15, -0.1) is 0 Å². The number of ether oxygens (including phenoxy) is 1. The molecule has 0 aliphatic heterocycles. The zero-order valence-electron chi connectivity index (χ0n) is 21.7. The van der Waals surface area contributed by atoms with Crippen molar-refractivity contribution in [3.63, 3.8) is 0 Å². The zero-order chi connectivity index (χ0) is 26.2. The van der Waals surface area contributed by atoms with E-state index >= 15 is 0 Å². The quantitative estimate of drug-likeness (QED) is 0.0788. The van der Waals surface area contributed by atoms with Gasteiger partial charge in [0.1, 0.15) is 0 Å². The molecule has 0 amide bonds. The van der Waals surface area contributed by atoms with Crippen LogP contribution in [0.25, 0.3) is 0 Å². The Morgan fingerprint density at radius 2 is 0.882 bits per heavy atom. The highest BCUT2D eigenvalue weighted by Gasteiger charge is 2.00. The van der Waals surface area contributed by atoms with Gasteiger partial charge in [-0.05, 0) is 6.42 Å². The first-order valence-electron chi connectivity index (χ1n) is 13.2. The topological polar surface area (TPSA) is 160 Å². The third-order valence-electron chi connectivity index (χ3n) is 4.96. The van der Waals surface area contributed by atoms with Gasteiger partial charge in [0.2, 0.25) is 0 Å². The van der Waals surface area contributed by atoms with Crippen molar-refractivity contribution >= 4 is 7.82 Å². The van der Waals surface area contributed by atoms with Crippen LogP contribution in [0, 0.1) is 0 Å². The van der Waals surface area contributed by atoms with Crippen molar-refractivity contribution in [3.05, 3.63) is 0 Å². The van der Waals surface area contributed by atoms with Crippen LogP contribution in [0.4, 0.5) is 0 Å². The number of phosphoric acid groups is 1. The van der Waals surface area contributed by atoms with Crippen molar-refractivity contribution in [1.82, 2.24) is 5.32 Å². The number of unbranched alkanes of at least 4 members (excludes halogenated alkanes) is 15. The molecular weight excluding hydrogens is 461 g/mol. The molecule has 0 aliphatic rings. The summed E-state index contributed by atoms with van der Waals surface area (Å²) in [4.78, 5) is 21.6. The van der Waals surface area contributed by atoms with E-state index in [4.69, 9.17) is 39.3 Å². The molecule has 7 N–H and O–H groups in total. The predicted octanol–water partition coefficient (Wildman–Crippen LogP) is 3.89. The summed E-state index contributed by atoms with van der Waals surface area (Å²) < 4.78 is 14.1. The maximum absolute atomic E-state index is 8.88. The Hall–Kier alpha value is -0.0900. The van der Waals surface area contributed by atoms with Crippen LogP contribution in [-0.4, -0.2) is 76.1 Å². The third kappa shape index (κ3) is 58.1. The number of hydrogen-bond acceptors (Lipinski definition) is 6. The van der Waals surface area contributed by atoms with Crippen molar-refractivity contribution in [3.8, 4) is 0 Å². The minimum Gasteiger partial charge on any atom is -0.395 e. The smallest absolute Gasteiger partial charge is 0.395 e. The van der Waals surface area contributed by atoms with Gasteiger partial charge in [-0.25, -0.2) is 4.57 Å². The summed E-state index contributed by atoms with van der Waals surface area (Å²) in [5.74, 6) is 0. The summed E-state index contributed by atoms with van der Waals surface area (Å²) in [5, 5.41) is 27.7. The van der Waals surface area contributed by atoms with Gasteiger partial charge in [0.05, 0.1) is 26.4 Å². The maximum Gasteiger partial charge on any atom is 0.466 e. The number of hydrogen-bond donors (Lipinski definition) is 7. The van der Waals surface area contributed by atoms with E-state index < -0.39 is 7.82 Å². The summed E-state index contributed by atoms with van der Waals surface area (Å²) in [6.45, 7) is 5.17. The fourth-order valence-corrected chi connectivity index (χ4v) is 3.20. The van der Waals surface area contributed by atoms with Gasteiger partial charge in [0.25, 0.3) is 0 Å². The second kappa shape index (κ2) is 35.1. The van der Waals surface area contributed by atoms with Crippen LogP contribution in [0.15, 0.2) is 0 Å². The molecule has 0 saturated heterocycles. The monoisotopic (exact) mass is 517 g/mol. The largest absolute Gasteiger partial charge is 0.466 e. The molecule has 0 heterocycles. The van der Waals surface area contributed by atoms with E-state index in [0.29, 0.717) is 19.7 Å². The Morgan fingerprint density at radius 1 is 0.559 bits per heavy atom. The van der Waals surface area contributed by atoms with Gasteiger partial charge in [-0.3, -0.25) is 0 Å². The highest BCUT2D eigenvalue weighted by molar-refractivity contribution is 7.45. The highest BCUT2D eigenvalue weighted by atomic mass is 31.2. The van der Waals surface area contributed by atoms with Crippen LogP contribution in [0.3, 0.4) is 0 Å². The van der Waals surface area contributed by atoms with Crippen molar-refractivity contribution in [2.45, 2.75) is 110 Å². The average molecular weight is 518 g/mol. The molecule has 0 atom stereocenters. The normalized spacial score (nSPS) is 10.9. The second-order valence-corrected chi connectivity index (χ2v) is 9.38. The first-order valence-corrected chi connectivity index (χ1v) is 14.8. The fraction of sp³-hybridized carbons (Fsp3) is 1.00. The first-order chi connectivity index (χ1) is 16.3. The van der Waals surface area contributed by atoms with E-state index in [9.17, 15) is 0 Å². The van der Waals surface area contributed by atoms with Gasteiger partial charge in [0.15, 0.2) is 0 Å². The molecule has 34 heavy (non-hydrogen) atoms. The van der Waals surface area contributed by atoms with Crippen LogP contribution in [-0.2, 0) is 9.30 Å². The minimum absolute atomic E-state index is 0.139. The molecule has 0 fully saturated rings. The molecule has 0 aromatic rings. The Kier molecular flexibility index (Phi) is 39.7. The Bertz CT molecular complexity index is 354. The Balaban J connectivity index is -0.000000654. The minimum atomic E-state index is -4.64. The molecule has 0 spiro atoms. The molecule has 0 saturated carbocycles. The zero-order valence-corrected chi connectivity index (χ0v) is 22.6. The molecule has 0 bridgehead atoms. The lowest BCUT2D eigenvalue weighted by Gasteiger charge is -2.04. The number of aliphatic hydroxyl groups is 3. The summed E-state index contributed by atoms with van der Waals surface area (Å²) in [5.41, 5.74) is 0. The average Bonchev–Trinajstić information content (AvgIpc) is 2.78. The van der Waals surface area contributed by atoms with Gasteiger partial charge in [-0.2, -0.15) is 0 Å². The molecular formula is C24H56NO8P. The van der Waals surface area contributed by atoms with Crippen LogP contribution < -0.4 is 5.32 Å². The van der Waals surface area contributed by atoms with Crippen molar-refractivity contribution in [1.29, 1.82) is 0 Å². The lowest BCUT2D eigenvalue weighted by molar-refractivity contribution is 0.0895. The van der Waals surface area contributed by atoms with Crippen molar-refractivity contribution in [2.24, 2.45) is 0 Å². The highest BCUT2D eigenvalue weighted by Crippen LogP contribution is 2.25. The van der Waals surface area contributed by atoms with Crippen molar-refractivity contribution in [2.75, 3.05) is 46.1 Å². The van der Waals surface area contributed by atoms with Gasteiger partial charge < -0.3 is 40.1 Å². The van der Waals surface area contributed by atoms with Crippen molar-refractivity contribution < 1.29 is 39.3 Å². The molecule has 10 heteroatoms. The molecule has 0 aromatic heterocycles. The molecule has 0 rings (SSSR count). The summed E-state index contributed by atoms with van der Waals surface area (Å²) in [6.07, 6.45) is 22.4. The second-order valence-electron chi connectivity index (χ2n) is 8.35. The SMILES string of the molecule is CCCCCCCCCCCCCCCCCCOCCO.O=P(O)(O)O.OCCNCCO. The fourth-order valence-electron chi connectivity index (χ4n) is 3.20. The Labute approximate surface area is 208 Å². The van der Waals surface area contributed by atoms with Gasteiger partial charge in [0, 0.05) is 19.7 Å². The predicted molar refractivity (Wildman–Crippen MR) is 139 cm³/mol. The maximum atomic E-state index is 8.88. The van der Waals surface area contributed by atoms with E-state index in [-0.39, 0.29) is 19.8 Å². The third-order valence-corrected chi connectivity index (χ3v) is 4.96. The molecule has 0 radical (unpaired) electrons. The summed E-state index contributed by atoms with van der Waals surface area (Å²) in [7, 11) is -4.64.